The maximum absolute atomic E-state index is 12.0. The van der Waals surface area contributed by atoms with Gasteiger partial charge in [-0.3, -0.25) is 14.6 Å². The fourth-order valence-corrected chi connectivity index (χ4v) is 2.80. The number of carbonyl (C=O) groups excluding carboxylic acids is 2. The van der Waals surface area contributed by atoms with Gasteiger partial charge in [0.05, 0.1) is 5.75 Å². The molecule has 0 fully saturated rings. The van der Waals surface area contributed by atoms with E-state index in [1.54, 1.807) is 19.3 Å². The first-order chi connectivity index (χ1) is 12.0. The van der Waals surface area contributed by atoms with E-state index in [1.165, 1.54) is 11.8 Å². The van der Waals surface area contributed by atoms with Gasteiger partial charge in [-0.15, -0.1) is 10.2 Å². The van der Waals surface area contributed by atoms with Gasteiger partial charge in [0, 0.05) is 31.5 Å². The number of nitrogens with one attached hydrogen (secondary N) is 2. The molecule has 0 spiro atoms. The molecule has 0 saturated carbocycles. The Hall–Kier alpha value is -2.42. The SMILES string of the molecule is CCCNC(=O)[C@H](C)NC(=O)CSc1nnc(-c2ccncc2)n1C. The van der Waals surface area contributed by atoms with E-state index >= 15 is 0 Å². The second-order valence-corrected chi connectivity index (χ2v) is 6.41. The first-order valence-corrected chi connectivity index (χ1v) is 9.01. The van der Waals surface area contributed by atoms with E-state index in [-0.39, 0.29) is 17.6 Å². The average molecular weight is 362 g/mol. The van der Waals surface area contributed by atoms with Gasteiger partial charge in [-0.1, -0.05) is 18.7 Å². The van der Waals surface area contributed by atoms with Crippen molar-refractivity contribution in [3.63, 3.8) is 0 Å². The van der Waals surface area contributed by atoms with Crippen molar-refractivity contribution in [2.45, 2.75) is 31.5 Å². The van der Waals surface area contributed by atoms with Crippen molar-refractivity contribution < 1.29 is 9.59 Å². The Morgan fingerprint density at radius 3 is 2.68 bits per heavy atom. The van der Waals surface area contributed by atoms with E-state index in [1.807, 2.05) is 30.7 Å². The van der Waals surface area contributed by atoms with Crippen molar-refractivity contribution in [2.24, 2.45) is 7.05 Å². The second kappa shape index (κ2) is 9.16. The maximum atomic E-state index is 12.0. The molecular weight excluding hydrogens is 340 g/mol. The summed E-state index contributed by atoms with van der Waals surface area (Å²) in [6.45, 7) is 4.24. The van der Waals surface area contributed by atoms with Crippen LogP contribution in [0.15, 0.2) is 29.7 Å². The monoisotopic (exact) mass is 362 g/mol. The third kappa shape index (κ3) is 5.28. The highest BCUT2D eigenvalue weighted by atomic mass is 32.2. The smallest absolute Gasteiger partial charge is 0.242 e. The molecule has 0 unspecified atom stereocenters. The zero-order valence-corrected chi connectivity index (χ0v) is 15.3. The van der Waals surface area contributed by atoms with E-state index in [2.05, 4.69) is 25.8 Å². The van der Waals surface area contributed by atoms with Crippen LogP contribution in [0.5, 0.6) is 0 Å². The Kier molecular flexibility index (Phi) is 6.93. The summed E-state index contributed by atoms with van der Waals surface area (Å²) in [6, 6.07) is 3.13. The molecule has 9 heteroatoms. The molecule has 0 aliphatic carbocycles. The van der Waals surface area contributed by atoms with Crippen molar-refractivity contribution in [1.82, 2.24) is 30.4 Å². The standard InChI is InChI=1S/C16H22N6O2S/c1-4-7-18-15(24)11(2)19-13(23)10-25-16-21-20-14(22(16)3)12-5-8-17-9-6-12/h5-6,8-9,11H,4,7,10H2,1-3H3,(H,18,24)(H,19,23)/t11-/m0/s1. The Morgan fingerprint density at radius 2 is 2.00 bits per heavy atom. The van der Waals surface area contributed by atoms with Crippen molar-refractivity contribution in [2.75, 3.05) is 12.3 Å². The minimum Gasteiger partial charge on any atom is -0.354 e. The number of pyridine rings is 1. The summed E-state index contributed by atoms with van der Waals surface area (Å²) in [6.07, 6.45) is 4.23. The number of thioether (sulfide) groups is 1. The molecule has 0 aromatic carbocycles. The first kappa shape index (κ1) is 18.9. The number of aromatic nitrogens is 4. The van der Waals surface area contributed by atoms with Crippen LogP contribution in [0.4, 0.5) is 0 Å². The largest absolute Gasteiger partial charge is 0.354 e. The zero-order valence-electron chi connectivity index (χ0n) is 14.5. The molecular formula is C16H22N6O2S. The van der Waals surface area contributed by atoms with Gasteiger partial charge in [0.25, 0.3) is 0 Å². The van der Waals surface area contributed by atoms with Crippen LogP contribution < -0.4 is 10.6 Å². The second-order valence-electron chi connectivity index (χ2n) is 5.47. The van der Waals surface area contributed by atoms with Gasteiger partial charge in [0.2, 0.25) is 11.8 Å². The molecule has 0 aliphatic heterocycles. The molecule has 0 saturated heterocycles. The zero-order chi connectivity index (χ0) is 18.2. The summed E-state index contributed by atoms with van der Waals surface area (Å²) in [5.74, 6) is 0.460. The van der Waals surface area contributed by atoms with Crippen molar-refractivity contribution >= 4 is 23.6 Å². The first-order valence-electron chi connectivity index (χ1n) is 8.02. The van der Waals surface area contributed by atoms with Crippen molar-refractivity contribution in [1.29, 1.82) is 0 Å². The molecule has 0 aliphatic rings. The van der Waals surface area contributed by atoms with Gasteiger partial charge in [-0.05, 0) is 25.5 Å². The van der Waals surface area contributed by atoms with Crippen LogP contribution in [-0.4, -0.2) is 49.9 Å². The lowest BCUT2D eigenvalue weighted by Gasteiger charge is -2.13. The quantitative estimate of drug-likeness (QED) is 0.679. The molecule has 2 aromatic heterocycles. The molecule has 2 N–H and O–H groups in total. The predicted octanol–water partition coefficient (Wildman–Crippen LogP) is 1.00. The van der Waals surface area contributed by atoms with Crippen LogP contribution in [0, 0.1) is 0 Å². The summed E-state index contributed by atoms with van der Waals surface area (Å²) in [7, 11) is 1.84. The lowest BCUT2D eigenvalue weighted by atomic mass is 10.2. The average Bonchev–Trinajstić information content (AvgIpc) is 2.99. The van der Waals surface area contributed by atoms with Crippen LogP contribution in [0.2, 0.25) is 0 Å². The maximum Gasteiger partial charge on any atom is 0.242 e. The van der Waals surface area contributed by atoms with Crippen LogP contribution in [0.3, 0.4) is 0 Å². The molecule has 8 nitrogen and oxygen atoms in total. The molecule has 0 bridgehead atoms. The molecule has 25 heavy (non-hydrogen) atoms. The number of amides is 2. The van der Waals surface area contributed by atoms with E-state index in [0.717, 1.165) is 12.0 Å². The molecule has 134 valence electrons. The summed E-state index contributed by atoms with van der Waals surface area (Å²) < 4.78 is 1.82. The van der Waals surface area contributed by atoms with Gasteiger partial charge in [0.1, 0.15) is 6.04 Å². The molecule has 2 aromatic rings. The van der Waals surface area contributed by atoms with Crippen LogP contribution >= 0.6 is 11.8 Å². The number of carbonyl (C=O) groups is 2. The Bertz CT molecular complexity index is 719. The van der Waals surface area contributed by atoms with Gasteiger partial charge in [0.15, 0.2) is 11.0 Å². The van der Waals surface area contributed by atoms with E-state index in [9.17, 15) is 9.59 Å². The fraction of sp³-hybridized carbons (Fsp3) is 0.438. The molecule has 0 radical (unpaired) electrons. The number of nitrogens with zero attached hydrogens (tertiary/aromatic N) is 4. The van der Waals surface area contributed by atoms with E-state index in [4.69, 9.17) is 0 Å². The lowest BCUT2D eigenvalue weighted by molar-refractivity contribution is -0.127. The van der Waals surface area contributed by atoms with Crippen molar-refractivity contribution in [3.05, 3.63) is 24.5 Å². The molecule has 1 atom stereocenters. The Balaban J connectivity index is 1.88. The van der Waals surface area contributed by atoms with Crippen LogP contribution in [-0.2, 0) is 16.6 Å². The molecule has 2 heterocycles. The van der Waals surface area contributed by atoms with Crippen LogP contribution in [0.25, 0.3) is 11.4 Å². The highest BCUT2D eigenvalue weighted by Crippen LogP contribution is 2.21. The Labute approximate surface area is 150 Å². The number of hydrogen-bond donors (Lipinski definition) is 2. The van der Waals surface area contributed by atoms with Crippen molar-refractivity contribution in [3.8, 4) is 11.4 Å². The minimum absolute atomic E-state index is 0.160. The molecule has 2 rings (SSSR count). The van der Waals surface area contributed by atoms with E-state index in [0.29, 0.717) is 17.5 Å². The summed E-state index contributed by atoms with van der Waals surface area (Å²) in [5.41, 5.74) is 0.905. The van der Waals surface area contributed by atoms with Crippen LogP contribution in [0.1, 0.15) is 20.3 Å². The minimum atomic E-state index is -0.563. The summed E-state index contributed by atoms with van der Waals surface area (Å²) in [4.78, 5) is 27.8. The van der Waals surface area contributed by atoms with Gasteiger partial charge in [-0.2, -0.15) is 0 Å². The normalized spacial score (nSPS) is 11.8. The Morgan fingerprint density at radius 1 is 1.28 bits per heavy atom. The summed E-state index contributed by atoms with van der Waals surface area (Å²) >= 11 is 1.27. The van der Waals surface area contributed by atoms with Gasteiger partial charge < -0.3 is 15.2 Å². The predicted molar refractivity (Wildman–Crippen MR) is 95.9 cm³/mol. The lowest BCUT2D eigenvalue weighted by Crippen LogP contribution is -2.45. The highest BCUT2D eigenvalue weighted by Gasteiger charge is 2.17. The van der Waals surface area contributed by atoms with E-state index < -0.39 is 6.04 Å². The highest BCUT2D eigenvalue weighted by molar-refractivity contribution is 7.99. The molecule has 2 amide bonds. The third-order valence-corrected chi connectivity index (χ3v) is 4.45. The number of rotatable bonds is 8. The number of hydrogen-bond acceptors (Lipinski definition) is 6. The van der Waals surface area contributed by atoms with Gasteiger partial charge in [-0.25, -0.2) is 0 Å². The fourth-order valence-electron chi connectivity index (χ4n) is 2.07. The van der Waals surface area contributed by atoms with Gasteiger partial charge >= 0.3 is 0 Å². The topological polar surface area (TPSA) is 102 Å². The third-order valence-electron chi connectivity index (χ3n) is 3.43. The summed E-state index contributed by atoms with van der Waals surface area (Å²) in [5, 5.41) is 14.3.